The lowest BCUT2D eigenvalue weighted by atomic mass is 10.0. The number of nitrogens with two attached hydrogens (primary N) is 1. The van der Waals surface area contributed by atoms with Crippen LogP contribution in [0.1, 0.15) is 5.82 Å². The molecule has 6 heteroatoms. The van der Waals surface area contributed by atoms with E-state index in [1.807, 2.05) is 41.7 Å². The van der Waals surface area contributed by atoms with Crippen LogP contribution in [0.4, 0.5) is 5.69 Å². The van der Waals surface area contributed by atoms with Crippen molar-refractivity contribution >= 4 is 33.8 Å². The number of benzene rings is 1. The van der Waals surface area contributed by atoms with Crippen LogP contribution in [0.15, 0.2) is 41.0 Å². The van der Waals surface area contributed by atoms with Crippen LogP contribution in [0.25, 0.3) is 27.9 Å². The van der Waals surface area contributed by atoms with Crippen molar-refractivity contribution < 1.29 is 4.42 Å². The highest BCUT2D eigenvalue weighted by atomic mass is 35.5. The maximum Gasteiger partial charge on any atom is 0.185 e. The molecule has 0 amide bonds. The van der Waals surface area contributed by atoms with Gasteiger partial charge in [-0.25, -0.2) is 0 Å². The first-order chi connectivity index (χ1) is 10.2. The van der Waals surface area contributed by atoms with E-state index in [9.17, 15) is 0 Å². The van der Waals surface area contributed by atoms with Crippen LogP contribution in [0, 0.1) is 6.92 Å². The monoisotopic (exact) mass is 298 g/mol. The van der Waals surface area contributed by atoms with Crippen molar-refractivity contribution in [1.82, 2.24) is 14.6 Å². The molecule has 0 unspecified atom stereocenters. The van der Waals surface area contributed by atoms with Crippen molar-refractivity contribution in [3.63, 3.8) is 0 Å². The van der Waals surface area contributed by atoms with Gasteiger partial charge in [0.25, 0.3) is 0 Å². The summed E-state index contributed by atoms with van der Waals surface area (Å²) in [7, 11) is 0. The highest BCUT2D eigenvalue weighted by molar-refractivity contribution is 6.31. The summed E-state index contributed by atoms with van der Waals surface area (Å²) in [6, 6.07) is 9.35. The second-order valence-corrected chi connectivity index (χ2v) is 5.27. The van der Waals surface area contributed by atoms with Crippen LogP contribution in [0.2, 0.25) is 5.02 Å². The molecule has 3 heterocycles. The predicted molar refractivity (Wildman–Crippen MR) is 82.4 cm³/mol. The third kappa shape index (κ3) is 1.64. The number of fused-ring (bicyclic) bond motifs is 3. The first-order valence-corrected chi connectivity index (χ1v) is 6.81. The minimum atomic E-state index is 0.528. The molecule has 0 spiro atoms. The number of halogens is 1. The Morgan fingerprint density at radius 3 is 2.86 bits per heavy atom. The topological polar surface area (TPSA) is 69.3 Å². The van der Waals surface area contributed by atoms with Crippen LogP contribution >= 0.6 is 11.6 Å². The molecule has 5 nitrogen and oxygen atoms in total. The van der Waals surface area contributed by atoms with Gasteiger partial charge in [0.2, 0.25) is 0 Å². The number of nitrogens with zero attached hydrogens (tertiary/aromatic N) is 3. The molecule has 0 aliphatic carbocycles. The molecule has 1 aromatic carbocycles. The molecular formula is C15H11ClN4O. The van der Waals surface area contributed by atoms with E-state index in [-0.39, 0.29) is 0 Å². The van der Waals surface area contributed by atoms with Gasteiger partial charge in [-0.05, 0) is 37.3 Å². The Morgan fingerprint density at radius 2 is 2.10 bits per heavy atom. The Bertz CT molecular complexity index is 973. The largest absolute Gasteiger partial charge is 0.464 e. The van der Waals surface area contributed by atoms with Crippen molar-refractivity contribution in [2.75, 3.05) is 5.73 Å². The Morgan fingerprint density at radius 1 is 1.24 bits per heavy atom. The molecule has 0 fully saturated rings. The van der Waals surface area contributed by atoms with Gasteiger partial charge >= 0.3 is 0 Å². The van der Waals surface area contributed by atoms with Crippen LogP contribution in [-0.2, 0) is 0 Å². The summed E-state index contributed by atoms with van der Waals surface area (Å²) in [5.41, 5.74) is 9.19. The van der Waals surface area contributed by atoms with Crippen molar-refractivity contribution in [1.29, 1.82) is 0 Å². The lowest BCUT2D eigenvalue weighted by molar-refractivity contribution is 0.583. The van der Waals surface area contributed by atoms with E-state index < -0.39 is 0 Å². The van der Waals surface area contributed by atoms with Crippen molar-refractivity contribution in [3.05, 3.63) is 47.4 Å². The van der Waals surface area contributed by atoms with Crippen molar-refractivity contribution in [2.45, 2.75) is 6.92 Å². The van der Waals surface area contributed by atoms with Gasteiger partial charge in [-0.15, -0.1) is 10.2 Å². The number of hydrogen-bond donors (Lipinski definition) is 1. The van der Waals surface area contributed by atoms with Gasteiger partial charge in [0.05, 0.1) is 23.0 Å². The molecule has 0 aliphatic rings. The number of aryl methyl sites for hydroxylation is 1. The summed E-state index contributed by atoms with van der Waals surface area (Å²) < 4.78 is 7.45. The predicted octanol–water partition coefficient (Wildman–Crippen LogP) is 3.69. The van der Waals surface area contributed by atoms with Gasteiger partial charge in [-0.2, -0.15) is 0 Å². The van der Waals surface area contributed by atoms with Crippen LogP contribution in [-0.4, -0.2) is 14.6 Å². The average molecular weight is 299 g/mol. The van der Waals surface area contributed by atoms with Crippen LogP contribution in [0.3, 0.4) is 0 Å². The quantitative estimate of drug-likeness (QED) is 0.582. The first-order valence-electron chi connectivity index (χ1n) is 6.43. The fraction of sp³-hybridized carbons (Fsp3) is 0.0667. The van der Waals surface area contributed by atoms with E-state index in [1.165, 1.54) is 0 Å². The first kappa shape index (κ1) is 12.2. The molecule has 21 heavy (non-hydrogen) atoms. The SMILES string of the molecule is Cc1nnc2c(N)c(-c3ccco3)c3cc(Cl)ccc3n12. The molecule has 3 aromatic heterocycles. The van der Waals surface area contributed by atoms with E-state index in [0.29, 0.717) is 22.1 Å². The average Bonchev–Trinajstić information content (AvgIpc) is 3.09. The molecule has 104 valence electrons. The number of nitrogen functional groups attached to an aromatic ring is 1. The number of anilines is 1. The number of aromatic nitrogens is 3. The Hall–Kier alpha value is -2.53. The van der Waals surface area contributed by atoms with Gasteiger partial charge in [0, 0.05) is 10.4 Å². The zero-order chi connectivity index (χ0) is 14.6. The molecular weight excluding hydrogens is 288 g/mol. The number of furan rings is 1. The van der Waals surface area contributed by atoms with E-state index in [1.54, 1.807) is 6.26 Å². The van der Waals surface area contributed by atoms with Crippen molar-refractivity contribution in [2.24, 2.45) is 0 Å². The van der Waals surface area contributed by atoms with Crippen molar-refractivity contribution in [3.8, 4) is 11.3 Å². The van der Waals surface area contributed by atoms with Gasteiger partial charge in [0.15, 0.2) is 5.65 Å². The zero-order valence-electron chi connectivity index (χ0n) is 11.2. The third-order valence-corrected chi connectivity index (χ3v) is 3.81. The summed E-state index contributed by atoms with van der Waals surface area (Å²) in [5, 5.41) is 9.84. The second-order valence-electron chi connectivity index (χ2n) is 4.83. The second kappa shape index (κ2) is 4.23. The Labute approximate surface area is 124 Å². The maximum atomic E-state index is 6.31. The van der Waals surface area contributed by atoms with Crippen LogP contribution in [0.5, 0.6) is 0 Å². The molecule has 0 bridgehead atoms. The van der Waals surface area contributed by atoms with E-state index in [2.05, 4.69) is 10.2 Å². The Balaban J connectivity index is 2.30. The molecule has 4 rings (SSSR count). The summed E-state index contributed by atoms with van der Waals surface area (Å²) in [6.45, 7) is 1.89. The summed E-state index contributed by atoms with van der Waals surface area (Å²) in [4.78, 5) is 0. The maximum absolute atomic E-state index is 6.31. The minimum Gasteiger partial charge on any atom is -0.464 e. The molecule has 0 radical (unpaired) electrons. The molecule has 0 aliphatic heterocycles. The fourth-order valence-corrected chi connectivity index (χ4v) is 2.84. The third-order valence-electron chi connectivity index (χ3n) is 3.57. The molecule has 0 atom stereocenters. The summed E-state index contributed by atoms with van der Waals surface area (Å²) >= 11 is 6.16. The highest BCUT2D eigenvalue weighted by Gasteiger charge is 2.18. The number of pyridine rings is 1. The summed E-state index contributed by atoms with van der Waals surface area (Å²) in [6.07, 6.45) is 1.62. The van der Waals surface area contributed by atoms with Gasteiger partial charge < -0.3 is 10.2 Å². The Kier molecular flexibility index (Phi) is 2.46. The number of hydrogen-bond acceptors (Lipinski definition) is 4. The van der Waals surface area contributed by atoms with Gasteiger partial charge in [-0.1, -0.05) is 11.6 Å². The van der Waals surface area contributed by atoms with Gasteiger partial charge in [0.1, 0.15) is 11.6 Å². The molecule has 2 N–H and O–H groups in total. The van der Waals surface area contributed by atoms with E-state index in [4.69, 9.17) is 21.8 Å². The van der Waals surface area contributed by atoms with E-state index in [0.717, 1.165) is 22.3 Å². The molecule has 4 aromatic rings. The molecule has 0 saturated heterocycles. The highest BCUT2D eigenvalue weighted by Crippen LogP contribution is 2.37. The lowest BCUT2D eigenvalue weighted by Gasteiger charge is -2.11. The smallest absolute Gasteiger partial charge is 0.185 e. The fourth-order valence-electron chi connectivity index (χ4n) is 2.67. The minimum absolute atomic E-state index is 0.528. The standard InChI is InChI=1S/C15H11ClN4O/c1-8-18-19-15-14(17)13(12-3-2-6-21-12)10-7-9(16)4-5-11(10)20(8)15/h2-7H,17H2,1H3. The molecule has 0 saturated carbocycles. The zero-order valence-corrected chi connectivity index (χ0v) is 11.9. The van der Waals surface area contributed by atoms with Crippen LogP contribution < -0.4 is 5.73 Å². The van der Waals surface area contributed by atoms with E-state index >= 15 is 0 Å². The lowest BCUT2D eigenvalue weighted by Crippen LogP contribution is -2.00. The number of rotatable bonds is 1. The summed E-state index contributed by atoms with van der Waals surface area (Å²) in [5.74, 6) is 1.46. The normalized spacial score (nSPS) is 11.5. The van der Waals surface area contributed by atoms with Gasteiger partial charge in [-0.3, -0.25) is 4.40 Å².